The summed E-state index contributed by atoms with van der Waals surface area (Å²) in [5.41, 5.74) is 2.26. The fraction of sp³-hybridized carbons (Fsp3) is 0.0435. The molecular weight excluding hydrogens is 372 g/mol. The first-order chi connectivity index (χ1) is 13.6. The van der Waals surface area contributed by atoms with E-state index in [2.05, 4.69) is 10.3 Å². The Bertz CT molecular complexity index is 1130. The minimum atomic E-state index is -0.585. The summed E-state index contributed by atoms with van der Waals surface area (Å²) < 4.78 is 0. The van der Waals surface area contributed by atoms with Crippen LogP contribution in [0.25, 0.3) is 10.9 Å². The van der Waals surface area contributed by atoms with Gasteiger partial charge in [0.05, 0.1) is 11.1 Å². The van der Waals surface area contributed by atoms with E-state index in [1.807, 2.05) is 36.4 Å². The Morgan fingerprint density at radius 3 is 2.36 bits per heavy atom. The number of halogens is 1. The molecule has 2 N–H and O–H groups in total. The van der Waals surface area contributed by atoms with Gasteiger partial charge in [-0.25, -0.2) is 0 Å². The summed E-state index contributed by atoms with van der Waals surface area (Å²) >= 11 is 6.46. The molecular formula is C23H17ClN2O2. The molecule has 1 aromatic heterocycles. The number of rotatable bonds is 4. The first-order valence-corrected chi connectivity index (χ1v) is 9.20. The number of nitrogens with one attached hydrogen (secondary N) is 1. The first kappa shape index (κ1) is 18.0. The third kappa shape index (κ3) is 3.42. The Hall–Kier alpha value is -3.37. The van der Waals surface area contributed by atoms with Gasteiger partial charge in [0.2, 0.25) is 0 Å². The predicted molar refractivity (Wildman–Crippen MR) is 111 cm³/mol. The molecule has 0 saturated carbocycles. The molecule has 0 aliphatic rings. The number of fused-ring (bicyclic) bond motifs is 1. The van der Waals surface area contributed by atoms with Crippen molar-refractivity contribution in [1.29, 1.82) is 0 Å². The quantitative estimate of drug-likeness (QED) is 0.510. The van der Waals surface area contributed by atoms with Gasteiger partial charge in [-0.2, -0.15) is 0 Å². The number of aromatic hydroxyl groups is 1. The van der Waals surface area contributed by atoms with Crippen LogP contribution in [0.5, 0.6) is 5.75 Å². The zero-order chi connectivity index (χ0) is 19.5. The lowest BCUT2D eigenvalue weighted by Crippen LogP contribution is -2.29. The average Bonchev–Trinajstić information content (AvgIpc) is 2.76. The van der Waals surface area contributed by atoms with Crippen molar-refractivity contribution < 1.29 is 9.90 Å². The fourth-order valence-corrected chi connectivity index (χ4v) is 3.49. The van der Waals surface area contributed by atoms with E-state index in [0.29, 0.717) is 27.1 Å². The summed E-state index contributed by atoms with van der Waals surface area (Å²) in [6, 6.07) is 23.1. The number of aromatic nitrogens is 1. The van der Waals surface area contributed by atoms with Gasteiger partial charge in [-0.15, -0.1) is 0 Å². The number of nitrogens with zero attached hydrogens (tertiary/aromatic N) is 1. The molecule has 1 amide bonds. The van der Waals surface area contributed by atoms with E-state index < -0.39 is 6.04 Å². The Morgan fingerprint density at radius 2 is 1.64 bits per heavy atom. The van der Waals surface area contributed by atoms with Crippen molar-refractivity contribution in [2.45, 2.75) is 6.04 Å². The van der Waals surface area contributed by atoms with Gasteiger partial charge >= 0.3 is 0 Å². The summed E-state index contributed by atoms with van der Waals surface area (Å²) in [6.07, 6.45) is 1.60. The van der Waals surface area contributed by atoms with Gasteiger partial charge in [-0.05, 0) is 35.9 Å². The molecule has 0 fully saturated rings. The minimum Gasteiger partial charge on any atom is -0.505 e. The molecule has 4 rings (SSSR count). The summed E-state index contributed by atoms with van der Waals surface area (Å²) in [6.45, 7) is 0. The largest absolute Gasteiger partial charge is 0.505 e. The van der Waals surface area contributed by atoms with E-state index in [4.69, 9.17) is 11.6 Å². The fourth-order valence-electron chi connectivity index (χ4n) is 3.22. The highest BCUT2D eigenvalue weighted by Crippen LogP contribution is 2.38. The van der Waals surface area contributed by atoms with Crippen molar-refractivity contribution in [2.24, 2.45) is 0 Å². The van der Waals surface area contributed by atoms with Crippen LogP contribution in [0.2, 0.25) is 5.02 Å². The number of benzene rings is 3. The molecule has 4 aromatic rings. The Balaban J connectivity index is 1.84. The molecule has 4 nitrogen and oxygen atoms in total. The van der Waals surface area contributed by atoms with E-state index >= 15 is 0 Å². The maximum absolute atomic E-state index is 12.8. The van der Waals surface area contributed by atoms with Crippen LogP contribution in [0.15, 0.2) is 85.1 Å². The van der Waals surface area contributed by atoms with Gasteiger partial charge in [0.1, 0.15) is 11.3 Å². The molecule has 0 spiro atoms. The highest BCUT2D eigenvalue weighted by molar-refractivity contribution is 6.35. The second-order valence-electron chi connectivity index (χ2n) is 6.38. The van der Waals surface area contributed by atoms with Gasteiger partial charge in [0, 0.05) is 22.7 Å². The number of pyridine rings is 1. The minimum absolute atomic E-state index is 0.00205. The smallest absolute Gasteiger partial charge is 0.252 e. The molecule has 0 aliphatic heterocycles. The van der Waals surface area contributed by atoms with Gasteiger partial charge in [-0.1, -0.05) is 60.1 Å². The van der Waals surface area contributed by atoms with Crippen LogP contribution in [-0.4, -0.2) is 16.0 Å². The summed E-state index contributed by atoms with van der Waals surface area (Å²) in [4.78, 5) is 17.1. The molecule has 3 aromatic carbocycles. The molecule has 1 atom stereocenters. The zero-order valence-corrected chi connectivity index (χ0v) is 15.6. The second kappa shape index (κ2) is 7.71. The maximum atomic E-state index is 12.8. The monoisotopic (exact) mass is 388 g/mol. The van der Waals surface area contributed by atoms with Crippen molar-refractivity contribution in [3.8, 4) is 5.75 Å². The third-order valence-electron chi connectivity index (χ3n) is 4.60. The van der Waals surface area contributed by atoms with Crippen molar-refractivity contribution in [1.82, 2.24) is 10.3 Å². The molecule has 28 heavy (non-hydrogen) atoms. The van der Waals surface area contributed by atoms with Gasteiger partial charge in [0.15, 0.2) is 0 Å². The number of hydrogen-bond donors (Lipinski definition) is 2. The molecule has 0 radical (unpaired) electrons. The van der Waals surface area contributed by atoms with Crippen LogP contribution in [-0.2, 0) is 0 Å². The van der Waals surface area contributed by atoms with Crippen LogP contribution >= 0.6 is 11.6 Å². The lowest BCUT2D eigenvalue weighted by molar-refractivity contribution is 0.0942. The maximum Gasteiger partial charge on any atom is 0.252 e. The van der Waals surface area contributed by atoms with Crippen molar-refractivity contribution in [3.63, 3.8) is 0 Å². The van der Waals surface area contributed by atoms with Crippen molar-refractivity contribution in [2.75, 3.05) is 0 Å². The van der Waals surface area contributed by atoms with Crippen LogP contribution in [0, 0.1) is 0 Å². The molecule has 5 heteroatoms. The zero-order valence-electron chi connectivity index (χ0n) is 14.8. The van der Waals surface area contributed by atoms with Crippen molar-refractivity contribution >= 4 is 28.4 Å². The lowest BCUT2D eigenvalue weighted by atomic mass is 9.96. The Kier molecular flexibility index (Phi) is 4.96. The van der Waals surface area contributed by atoms with E-state index in [0.717, 1.165) is 5.56 Å². The van der Waals surface area contributed by atoms with Gasteiger partial charge < -0.3 is 10.4 Å². The summed E-state index contributed by atoms with van der Waals surface area (Å²) in [5, 5.41) is 15.1. The van der Waals surface area contributed by atoms with E-state index in [1.54, 1.807) is 48.7 Å². The number of carbonyl (C=O) groups excluding carboxylic acids is 1. The molecule has 1 unspecified atom stereocenters. The van der Waals surface area contributed by atoms with Crippen molar-refractivity contribution in [3.05, 3.63) is 107 Å². The number of carbonyl (C=O) groups is 1. The Morgan fingerprint density at radius 1 is 0.964 bits per heavy atom. The summed E-state index contributed by atoms with van der Waals surface area (Å²) in [5.74, 6) is -0.242. The second-order valence-corrected chi connectivity index (χ2v) is 6.79. The molecule has 1 heterocycles. The van der Waals surface area contributed by atoms with Crippen LogP contribution in [0.1, 0.15) is 27.5 Å². The number of amides is 1. The number of phenolic OH excluding ortho intramolecular Hbond substituents is 1. The van der Waals surface area contributed by atoms with E-state index in [1.165, 1.54) is 0 Å². The van der Waals surface area contributed by atoms with Gasteiger partial charge in [0.25, 0.3) is 5.91 Å². The third-order valence-corrected chi connectivity index (χ3v) is 4.91. The average molecular weight is 389 g/mol. The normalized spacial score (nSPS) is 11.9. The first-order valence-electron chi connectivity index (χ1n) is 8.82. The van der Waals surface area contributed by atoms with Crippen LogP contribution < -0.4 is 5.32 Å². The predicted octanol–water partition coefficient (Wildman–Crippen LogP) is 5.11. The molecule has 0 bridgehead atoms. The van der Waals surface area contributed by atoms with E-state index in [-0.39, 0.29) is 11.7 Å². The molecule has 0 aliphatic carbocycles. The highest BCUT2D eigenvalue weighted by Gasteiger charge is 2.23. The van der Waals surface area contributed by atoms with E-state index in [9.17, 15) is 9.90 Å². The van der Waals surface area contributed by atoms with Crippen LogP contribution in [0.4, 0.5) is 0 Å². The summed E-state index contributed by atoms with van der Waals surface area (Å²) in [7, 11) is 0. The molecule has 0 saturated heterocycles. The Labute approximate surface area is 167 Å². The molecule has 138 valence electrons. The number of hydrogen-bond acceptors (Lipinski definition) is 3. The SMILES string of the molecule is O=C(NC(c1ccccc1)c1cc(Cl)c2cccnc2c1O)c1ccccc1. The lowest BCUT2D eigenvalue weighted by Gasteiger charge is -2.22. The highest BCUT2D eigenvalue weighted by atomic mass is 35.5. The topological polar surface area (TPSA) is 62.2 Å². The van der Waals surface area contributed by atoms with Gasteiger partial charge in [-0.3, -0.25) is 9.78 Å². The standard InChI is InChI=1S/C23H17ClN2O2/c24-19-14-18(22(27)21-17(19)12-7-13-25-21)20(15-8-3-1-4-9-15)26-23(28)16-10-5-2-6-11-16/h1-14,20,27H,(H,26,28). The van der Waals surface area contributed by atoms with Crippen LogP contribution in [0.3, 0.4) is 0 Å². The number of phenols is 1.